The molecule has 0 aliphatic carbocycles. The molecule has 0 aliphatic rings. The lowest BCUT2D eigenvalue weighted by Gasteiger charge is -2.33. The van der Waals surface area contributed by atoms with Crippen molar-refractivity contribution >= 4 is 17.9 Å². The lowest BCUT2D eigenvalue weighted by atomic mass is 9.87. The highest BCUT2D eigenvalue weighted by molar-refractivity contribution is 5.99. The maximum atomic E-state index is 13.1. The van der Waals surface area contributed by atoms with Gasteiger partial charge in [0.1, 0.15) is 0 Å². The van der Waals surface area contributed by atoms with E-state index in [2.05, 4.69) is 14.2 Å². The molecular formula is C24H25F21O6. The maximum Gasteiger partial charge on any atom is 0.460 e. The third kappa shape index (κ3) is 12.5. The van der Waals surface area contributed by atoms with Crippen molar-refractivity contribution < 1.29 is 121 Å². The Hall–Kier alpha value is -3.06. The lowest BCUT2D eigenvalue weighted by Crippen LogP contribution is -2.61. The van der Waals surface area contributed by atoms with Crippen LogP contribution in [0.5, 0.6) is 0 Å². The molecule has 0 aromatic carbocycles. The number of hydrogen-bond acceptors (Lipinski definition) is 6. The van der Waals surface area contributed by atoms with Crippen molar-refractivity contribution in [3.8, 4) is 0 Å². The molecule has 0 N–H and O–H groups in total. The largest absolute Gasteiger partial charge is 0.465 e. The van der Waals surface area contributed by atoms with Crippen LogP contribution < -0.4 is 0 Å². The highest BCUT2D eigenvalue weighted by Crippen LogP contribution is 2.54. The number of carbonyl (C=O) groups excluding carboxylic acids is 3. The molecule has 0 aromatic rings. The predicted molar refractivity (Wildman–Crippen MR) is 123 cm³/mol. The number of halogens is 21. The summed E-state index contributed by atoms with van der Waals surface area (Å²) in [6.07, 6.45) is -44.4. The van der Waals surface area contributed by atoms with Gasteiger partial charge in [0.25, 0.3) is 12.2 Å². The highest BCUT2D eigenvalue weighted by atomic mass is 19.4. The fourth-order valence-corrected chi connectivity index (χ4v) is 2.66. The van der Waals surface area contributed by atoms with Gasteiger partial charge in [-0.1, -0.05) is 13.8 Å². The van der Waals surface area contributed by atoms with Gasteiger partial charge in [-0.3, -0.25) is 14.4 Å². The zero-order chi connectivity index (χ0) is 41.8. The molecule has 0 saturated heterocycles. The zero-order valence-corrected chi connectivity index (χ0v) is 25.9. The monoisotopic (exact) mass is 808 g/mol. The van der Waals surface area contributed by atoms with E-state index in [9.17, 15) is 107 Å². The number of alkyl halides is 21. The molecule has 0 bridgehead atoms. The summed E-state index contributed by atoms with van der Waals surface area (Å²) in [5, 5.41) is 0. The van der Waals surface area contributed by atoms with E-state index in [-0.39, 0.29) is 13.3 Å². The van der Waals surface area contributed by atoms with Crippen LogP contribution in [0.15, 0.2) is 0 Å². The summed E-state index contributed by atoms with van der Waals surface area (Å²) in [6, 6.07) is 0. The Morgan fingerprint density at radius 1 is 0.490 bits per heavy atom. The molecule has 6 nitrogen and oxygen atoms in total. The van der Waals surface area contributed by atoms with Gasteiger partial charge in [0.15, 0.2) is 5.41 Å². The summed E-state index contributed by atoms with van der Waals surface area (Å²) < 4.78 is 272. The third-order valence-electron chi connectivity index (χ3n) is 6.54. The average Bonchev–Trinajstić information content (AvgIpc) is 2.90. The van der Waals surface area contributed by atoms with Crippen LogP contribution in [0.25, 0.3) is 0 Å². The van der Waals surface area contributed by atoms with Crippen LogP contribution in [0.4, 0.5) is 92.2 Å². The van der Waals surface area contributed by atoms with Crippen molar-refractivity contribution in [1.82, 2.24) is 0 Å². The molecule has 27 heteroatoms. The molecule has 304 valence electrons. The van der Waals surface area contributed by atoms with Crippen LogP contribution in [-0.2, 0) is 28.6 Å². The number of rotatable bonds is 12. The molecule has 0 rings (SSSR count). The quantitative estimate of drug-likeness (QED) is 0.0847. The van der Waals surface area contributed by atoms with Crippen molar-refractivity contribution in [2.24, 2.45) is 10.8 Å². The highest BCUT2D eigenvalue weighted by Gasteiger charge is 2.81. The first-order valence-electron chi connectivity index (χ1n) is 13.1. The summed E-state index contributed by atoms with van der Waals surface area (Å²) >= 11 is 0. The normalized spacial score (nSPS) is 14.6. The fourth-order valence-electron chi connectivity index (χ4n) is 2.66. The predicted octanol–water partition coefficient (Wildman–Crippen LogP) is 9.30. The van der Waals surface area contributed by atoms with Gasteiger partial charge in [-0.05, 0) is 33.6 Å². The van der Waals surface area contributed by atoms with Gasteiger partial charge in [-0.15, -0.1) is 0 Å². The van der Waals surface area contributed by atoms with E-state index in [1.807, 2.05) is 0 Å². The van der Waals surface area contributed by atoms with Gasteiger partial charge in [0.2, 0.25) is 0 Å². The SMILES string of the molecule is CCC(C)(C(=O)OC(C(F)(F)F)C(F)(F)F)C(=O)OC(C(F)(F)F)C(F)(F)F.CCC(C)(C)C(=O)OCCC(F)(F)C(F)(F)C(F)(F)C(F)(F)F. The second-order valence-corrected chi connectivity index (χ2v) is 10.9. The first-order valence-corrected chi connectivity index (χ1v) is 13.1. The van der Waals surface area contributed by atoms with E-state index in [1.54, 1.807) is 0 Å². The molecule has 51 heavy (non-hydrogen) atoms. The van der Waals surface area contributed by atoms with Gasteiger partial charge in [-0.25, -0.2) is 0 Å². The van der Waals surface area contributed by atoms with Gasteiger partial charge >= 0.3 is 66.6 Å². The van der Waals surface area contributed by atoms with Crippen molar-refractivity contribution in [3.05, 3.63) is 0 Å². The minimum atomic E-state index is -6.93. The third-order valence-corrected chi connectivity index (χ3v) is 6.54. The van der Waals surface area contributed by atoms with Gasteiger partial charge in [0.05, 0.1) is 18.4 Å². The van der Waals surface area contributed by atoms with Crippen LogP contribution in [0.3, 0.4) is 0 Å². The summed E-state index contributed by atoms with van der Waals surface area (Å²) in [6.45, 7) is 3.67. The summed E-state index contributed by atoms with van der Waals surface area (Å²) in [7, 11) is 0. The molecule has 0 fully saturated rings. The van der Waals surface area contributed by atoms with E-state index < -0.39 is 109 Å². The topological polar surface area (TPSA) is 78.9 Å². The molecule has 0 amide bonds. The molecule has 0 radical (unpaired) electrons. The molecule has 0 aromatic heterocycles. The van der Waals surface area contributed by atoms with Gasteiger partial charge < -0.3 is 14.2 Å². The summed E-state index contributed by atoms with van der Waals surface area (Å²) in [5.74, 6) is -25.8. The molecule has 0 spiro atoms. The number of esters is 3. The number of hydrogen-bond donors (Lipinski definition) is 0. The molecule has 0 heterocycles. The Labute approximate surface area is 271 Å². The van der Waals surface area contributed by atoms with Crippen LogP contribution in [-0.4, -0.2) is 85.4 Å². The van der Waals surface area contributed by atoms with E-state index >= 15 is 0 Å². The van der Waals surface area contributed by atoms with E-state index in [4.69, 9.17) is 0 Å². The zero-order valence-electron chi connectivity index (χ0n) is 25.9. The fraction of sp³-hybridized carbons (Fsp3) is 0.875. The standard InChI is InChI=1S/C12H10F12O4.C12H15F9O2/c1-3-8(2,6(25)27-4(9(13,14)15)10(16,17)18)7(26)28-5(11(19,20)21)12(22,23)24;1-4-8(2,3)7(22)23-6-5-9(13,14)10(15,16)11(17,18)12(19,20)21/h4-5H,3H2,1-2H3;4-6H2,1-3H3. The molecule has 0 saturated carbocycles. The average molecular weight is 808 g/mol. The van der Waals surface area contributed by atoms with Gasteiger partial charge in [-0.2, -0.15) is 92.2 Å². The molecule has 0 atom stereocenters. The van der Waals surface area contributed by atoms with Crippen LogP contribution in [0.1, 0.15) is 53.9 Å². The minimum Gasteiger partial charge on any atom is -0.465 e. The molecular weight excluding hydrogens is 783 g/mol. The van der Waals surface area contributed by atoms with Crippen molar-refractivity contribution in [2.45, 2.75) is 115 Å². The van der Waals surface area contributed by atoms with Crippen molar-refractivity contribution in [2.75, 3.05) is 6.61 Å². The second-order valence-electron chi connectivity index (χ2n) is 10.9. The summed E-state index contributed by atoms with van der Waals surface area (Å²) in [5.41, 5.74) is -4.47. The Morgan fingerprint density at radius 2 is 0.804 bits per heavy atom. The summed E-state index contributed by atoms with van der Waals surface area (Å²) in [4.78, 5) is 34.7. The Morgan fingerprint density at radius 3 is 1.04 bits per heavy atom. The number of ether oxygens (including phenoxy) is 3. The Bertz CT molecular complexity index is 1100. The Balaban J connectivity index is 0. The van der Waals surface area contributed by atoms with Gasteiger partial charge in [0, 0.05) is 0 Å². The van der Waals surface area contributed by atoms with E-state index in [0.717, 1.165) is 0 Å². The van der Waals surface area contributed by atoms with Crippen molar-refractivity contribution in [3.63, 3.8) is 0 Å². The number of carbonyl (C=O) groups is 3. The van der Waals surface area contributed by atoms with Crippen LogP contribution in [0, 0.1) is 10.8 Å². The molecule has 0 aliphatic heterocycles. The van der Waals surface area contributed by atoms with E-state index in [0.29, 0.717) is 6.92 Å². The first-order chi connectivity index (χ1) is 22.0. The lowest BCUT2D eigenvalue weighted by molar-refractivity contribution is -0.397. The van der Waals surface area contributed by atoms with Crippen LogP contribution in [0.2, 0.25) is 0 Å². The van der Waals surface area contributed by atoms with Crippen molar-refractivity contribution in [1.29, 1.82) is 0 Å². The van der Waals surface area contributed by atoms with Crippen LogP contribution >= 0.6 is 0 Å². The maximum absolute atomic E-state index is 13.1. The Kier molecular flexibility index (Phi) is 15.6. The molecule has 0 unspecified atom stereocenters. The minimum absolute atomic E-state index is 0.172. The first kappa shape index (κ1) is 50.0. The second kappa shape index (κ2) is 15.9. The smallest absolute Gasteiger partial charge is 0.460 e. The van der Waals surface area contributed by atoms with E-state index in [1.165, 1.54) is 20.8 Å².